The summed E-state index contributed by atoms with van der Waals surface area (Å²) in [7, 11) is -1.91. The molecule has 0 unspecified atom stereocenters. The van der Waals surface area contributed by atoms with Gasteiger partial charge < -0.3 is 8.44 Å². The lowest BCUT2D eigenvalue weighted by molar-refractivity contribution is 0.812. The number of hydrogen-bond acceptors (Lipinski definition) is 1. The zero-order chi connectivity index (χ0) is 39.2. The average Bonchev–Trinajstić information content (AvgIpc) is 3.50. The van der Waals surface area contributed by atoms with E-state index in [1.165, 1.54) is 89.3 Å². The van der Waals surface area contributed by atoms with Gasteiger partial charge in [-0.15, -0.1) is 0 Å². The fraction of sp³-hybridized carbons (Fsp3) is 0.360. The summed E-state index contributed by atoms with van der Waals surface area (Å²) in [6, 6.07) is 30.0. The van der Waals surface area contributed by atoms with Crippen molar-refractivity contribution in [3.63, 3.8) is 0 Å². The minimum Gasteiger partial charge on any atom is -0.320 e. The quantitative estimate of drug-likeness (QED) is 0.132. The Hall–Kier alpha value is -4.54. The van der Waals surface area contributed by atoms with Crippen LogP contribution in [-0.2, 0) is 0 Å². The van der Waals surface area contributed by atoms with Crippen LogP contribution in [0, 0.1) is 41.5 Å². The number of aryl methyl sites for hydroxylation is 6. The van der Waals surface area contributed by atoms with Crippen LogP contribution in [0.25, 0.3) is 33.6 Å². The van der Waals surface area contributed by atoms with Gasteiger partial charge in [0.25, 0.3) is 0 Å². The highest BCUT2D eigenvalue weighted by Gasteiger charge is 2.24. The molecular formula is C50H61N3Si. The molecule has 4 heteroatoms. The van der Waals surface area contributed by atoms with Crippen molar-refractivity contribution in [3.8, 4) is 33.6 Å². The van der Waals surface area contributed by atoms with E-state index in [2.05, 4.69) is 197 Å². The highest BCUT2D eigenvalue weighted by Crippen LogP contribution is 2.44. The van der Waals surface area contributed by atoms with Gasteiger partial charge in [-0.25, -0.2) is 0 Å². The highest BCUT2D eigenvalue weighted by atomic mass is 28.2. The number of rotatable bonds is 9. The Kier molecular flexibility index (Phi) is 11.4. The molecule has 0 spiro atoms. The molecule has 0 aliphatic heterocycles. The summed E-state index contributed by atoms with van der Waals surface area (Å²) in [6.07, 6.45) is 4.69. The molecule has 6 aromatic rings. The largest absolute Gasteiger partial charge is 0.392 e. The number of para-hydroxylation sites is 2. The second-order valence-corrected chi connectivity index (χ2v) is 18.7. The third-order valence-corrected chi connectivity index (χ3v) is 13.1. The lowest BCUT2D eigenvalue weighted by Gasteiger charge is -2.23. The molecule has 0 aliphatic carbocycles. The first-order valence-corrected chi connectivity index (χ1v) is 21.3. The molecule has 6 rings (SSSR count). The molecule has 5 aromatic carbocycles. The maximum absolute atomic E-state index is 6.23. The molecule has 0 bridgehead atoms. The Bertz CT molecular complexity index is 2160. The molecule has 1 aromatic heterocycles. The third kappa shape index (κ3) is 7.30. The first-order valence-electron chi connectivity index (χ1n) is 20.0. The lowest BCUT2D eigenvalue weighted by Crippen LogP contribution is -2.17. The van der Waals surface area contributed by atoms with E-state index in [0.717, 1.165) is 5.69 Å². The van der Waals surface area contributed by atoms with Crippen LogP contribution < -0.4 is 0 Å². The van der Waals surface area contributed by atoms with E-state index in [-0.39, 0.29) is 0 Å². The molecule has 1 heterocycles. The van der Waals surface area contributed by atoms with E-state index >= 15 is 0 Å². The monoisotopic (exact) mass is 731 g/mol. The number of nitrogens with zero attached hydrogens (tertiary/aromatic N) is 3. The van der Waals surface area contributed by atoms with E-state index in [9.17, 15) is 0 Å². The second kappa shape index (κ2) is 15.7. The normalized spacial score (nSPS) is 11.8. The van der Waals surface area contributed by atoms with Crippen LogP contribution in [0.4, 0.5) is 5.69 Å². The number of benzene rings is 5. The van der Waals surface area contributed by atoms with Crippen LogP contribution in [0.1, 0.15) is 135 Å². The predicted octanol–water partition coefficient (Wildman–Crippen LogP) is 14.6. The van der Waals surface area contributed by atoms with Gasteiger partial charge in [0, 0.05) is 34.9 Å². The summed E-state index contributed by atoms with van der Waals surface area (Å²) in [5.74, 6) is 1.43. The van der Waals surface area contributed by atoms with Gasteiger partial charge in [0.15, 0.2) is 0 Å². The molecule has 0 N–H and O–H groups in total. The Balaban J connectivity index is 1.89. The maximum atomic E-state index is 6.23. The fourth-order valence-electron chi connectivity index (χ4n) is 8.80. The van der Waals surface area contributed by atoms with Crippen molar-refractivity contribution < 1.29 is 0 Å². The summed E-state index contributed by atoms with van der Waals surface area (Å²) in [6.45, 7) is 32.1. The van der Waals surface area contributed by atoms with Crippen LogP contribution in [-0.4, -0.2) is 17.0 Å². The van der Waals surface area contributed by atoms with E-state index in [1.54, 1.807) is 0 Å². The van der Waals surface area contributed by atoms with Crippen molar-refractivity contribution in [3.05, 3.63) is 147 Å². The molecule has 0 radical (unpaired) electrons. The molecule has 3 nitrogen and oxygen atoms in total. The Morgan fingerprint density at radius 2 is 0.741 bits per heavy atom. The SMILES string of the molecule is Cc1cc(C)c(-c2cccc(-c3c(C)cc(C)cc3C)c2N=[si]2n(-c3c(C(C)C)cccc3C(C)C)ccn2-c2c(C(C)C)cccc2C(C)C)c(C)c1. The van der Waals surface area contributed by atoms with Crippen molar-refractivity contribution in [2.24, 2.45) is 4.63 Å². The molecule has 54 heavy (non-hydrogen) atoms. The molecule has 0 saturated carbocycles. The van der Waals surface area contributed by atoms with Gasteiger partial charge in [0.1, 0.15) is 0 Å². The molecule has 0 amide bonds. The van der Waals surface area contributed by atoms with Crippen molar-refractivity contribution in [1.29, 1.82) is 0 Å². The minimum atomic E-state index is -1.91. The zero-order valence-electron chi connectivity index (χ0n) is 35.3. The summed E-state index contributed by atoms with van der Waals surface area (Å²) in [5, 5.41) is 0. The first-order chi connectivity index (χ1) is 25.6. The van der Waals surface area contributed by atoms with E-state index in [4.69, 9.17) is 4.63 Å². The Morgan fingerprint density at radius 3 is 1.04 bits per heavy atom. The summed E-state index contributed by atoms with van der Waals surface area (Å²) < 4.78 is 11.4. The van der Waals surface area contributed by atoms with Crippen LogP contribution in [0.15, 0.2) is 95.9 Å². The predicted molar refractivity (Wildman–Crippen MR) is 235 cm³/mol. The fourth-order valence-corrected chi connectivity index (χ4v) is 11.0. The molecular weight excluding hydrogens is 671 g/mol. The summed E-state index contributed by atoms with van der Waals surface area (Å²) >= 11 is 0. The molecule has 280 valence electrons. The van der Waals surface area contributed by atoms with Crippen LogP contribution in [0.2, 0.25) is 0 Å². The van der Waals surface area contributed by atoms with Gasteiger partial charge >= 0.3 is 8.53 Å². The molecule has 0 fully saturated rings. The van der Waals surface area contributed by atoms with Crippen LogP contribution in [0.5, 0.6) is 0 Å². The van der Waals surface area contributed by atoms with Gasteiger partial charge in [-0.3, -0.25) is 4.63 Å². The van der Waals surface area contributed by atoms with Gasteiger partial charge in [0.2, 0.25) is 0 Å². The van der Waals surface area contributed by atoms with Crippen molar-refractivity contribution in [1.82, 2.24) is 8.44 Å². The van der Waals surface area contributed by atoms with Gasteiger partial charge in [-0.2, -0.15) is 0 Å². The van der Waals surface area contributed by atoms with Crippen molar-refractivity contribution in [2.45, 2.75) is 121 Å². The van der Waals surface area contributed by atoms with E-state index in [1.807, 2.05) is 0 Å². The minimum absolute atomic E-state index is 0.358. The zero-order valence-corrected chi connectivity index (χ0v) is 36.3. The standard InChI is InChI=1S/C50H61N3Si/c1-30(2)40-18-15-19-41(31(3)4)49(40)52-24-25-53(50-42(32(5)6)20-16-21-43(50)33(7)8)54(52)51-48-44(46-36(11)26-34(9)27-37(46)12)22-17-23-45(48)47-38(13)28-35(10)29-39(47)14/h15-33H,1-14H3. The summed E-state index contributed by atoms with van der Waals surface area (Å²) in [4.78, 5) is 0. The Morgan fingerprint density at radius 1 is 0.444 bits per heavy atom. The lowest BCUT2D eigenvalue weighted by atomic mass is 9.87. The highest BCUT2D eigenvalue weighted by molar-refractivity contribution is 6.33. The van der Waals surface area contributed by atoms with Crippen LogP contribution in [0.3, 0.4) is 0 Å². The van der Waals surface area contributed by atoms with Gasteiger partial charge in [0.05, 0.1) is 5.69 Å². The number of aromatic nitrogens is 2. The van der Waals surface area contributed by atoms with E-state index in [0.29, 0.717) is 23.7 Å². The first kappa shape index (κ1) is 39.2. The average molecular weight is 732 g/mol. The smallest absolute Gasteiger partial charge is 0.320 e. The van der Waals surface area contributed by atoms with Crippen molar-refractivity contribution >= 4 is 14.2 Å². The van der Waals surface area contributed by atoms with Crippen molar-refractivity contribution in [2.75, 3.05) is 0 Å². The number of hydrogen-bond donors (Lipinski definition) is 0. The molecule has 0 atom stereocenters. The van der Waals surface area contributed by atoms with Gasteiger partial charge in [-0.05, 0) is 121 Å². The maximum Gasteiger partial charge on any atom is 0.392 e. The molecule has 0 saturated heterocycles. The summed E-state index contributed by atoms with van der Waals surface area (Å²) in [5.41, 5.74) is 21.9. The van der Waals surface area contributed by atoms with E-state index < -0.39 is 8.53 Å². The van der Waals surface area contributed by atoms with Gasteiger partial charge in [-0.1, -0.05) is 145 Å². The molecule has 0 aliphatic rings. The second-order valence-electron chi connectivity index (χ2n) is 16.9. The van der Waals surface area contributed by atoms with Crippen LogP contribution >= 0.6 is 0 Å². The third-order valence-electron chi connectivity index (χ3n) is 11.1. The Labute approximate surface area is 327 Å². The topological polar surface area (TPSA) is 22.2 Å².